The van der Waals surface area contributed by atoms with Crippen LogP contribution in [0.4, 0.5) is 5.69 Å². The Hall–Kier alpha value is -2.62. The summed E-state index contributed by atoms with van der Waals surface area (Å²) in [6, 6.07) is 5.12. The first-order chi connectivity index (χ1) is 10.8. The molecule has 0 aliphatic rings. The van der Waals surface area contributed by atoms with Crippen molar-refractivity contribution in [3.05, 3.63) is 45.3 Å². The van der Waals surface area contributed by atoms with Crippen LogP contribution in [0.1, 0.15) is 20.3 Å². The first-order valence-electron chi connectivity index (χ1n) is 6.73. The molecular formula is C13H15N3O6S. The molecule has 1 amide bonds. The summed E-state index contributed by atoms with van der Waals surface area (Å²) < 4.78 is 30.1. The summed E-state index contributed by atoms with van der Waals surface area (Å²) >= 11 is 0. The van der Waals surface area contributed by atoms with E-state index in [1.165, 1.54) is 31.2 Å². The third kappa shape index (κ3) is 3.26. The number of nitrogens with zero attached hydrogens (tertiary/aromatic N) is 2. The van der Waals surface area contributed by atoms with Crippen LogP contribution in [0.25, 0.3) is 0 Å². The molecule has 0 spiro atoms. The summed E-state index contributed by atoms with van der Waals surface area (Å²) in [5.74, 6) is -1.34. The van der Waals surface area contributed by atoms with Gasteiger partial charge in [-0.1, -0.05) is 6.92 Å². The number of rotatable bonds is 5. The fraction of sp³-hybridized carbons (Fsp3) is 0.308. The van der Waals surface area contributed by atoms with Crippen LogP contribution >= 0.6 is 0 Å². The molecule has 9 nitrogen and oxygen atoms in total. The topological polar surface area (TPSA) is 120 Å². The molecule has 124 valence electrons. The SMILES string of the molecule is CCCn1c(=O)on(S(=O)(=O)c2ccc(NC(C)=O)cc2)c1=O. The molecule has 0 unspecified atom stereocenters. The molecule has 1 N–H and O–H groups in total. The Morgan fingerprint density at radius 2 is 1.83 bits per heavy atom. The van der Waals surface area contributed by atoms with Crippen LogP contribution in [0, 0.1) is 0 Å². The van der Waals surface area contributed by atoms with Gasteiger partial charge in [0.25, 0.3) is 10.0 Å². The predicted molar refractivity (Wildman–Crippen MR) is 80.8 cm³/mol. The number of carbonyl (C=O) groups excluding carboxylic acids is 1. The normalized spacial score (nSPS) is 11.4. The maximum atomic E-state index is 12.4. The zero-order chi connectivity index (χ0) is 17.2. The summed E-state index contributed by atoms with van der Waals surface area (Å²) in [4.78, 5) is 34.3. The van der Waals surface area contributed by atoms with Crippen LogP contribution in [-0.4, -0.2) is 23.0 Å². The highest BCUT2D eigenvalue weighted by atomic mass is 32.2. The third-order valence-corrected chi connectivity index (χ3v) is 4.44. The van der Waals surface area contributed by atoms with Gasteiger partial charge < -0.3 is 9.84 Å². The molecule has 0 bridgehead atoms. The van der Waals surface area contributed by atoms with E-state index in [1.54, 1.807) is 6.92 Å². The van der Waals surface area contributed by atoms with Crippen molar-refractivity contribution in [2.24, 2.45) is 0 Å². The van der Waals surface area contributed by atoms with Crippen molar-refractivity contribution in [3.8, 4) is 0 Å². The predicted octanol–water partition coefficient (Wildman–Crippen LogP) is 0.208. The number of benzene rings is 1. The number of amides is 1. The molecule has 0 saturated carbocycles. The molecule has 23 heavy (non-hydrogen) atoms. The van der Waals surface area contributed by atoms with Gasteiger partial charge in [-0.2, -0.15) is 8.42 Å². The van der Waals surface area contributed by atoms with Gasteiger partial charge in [0.05, 0.1) is 4.90 Å². The Bertz CT molecular complexity index is 933. The maximum absolute atomic E-state index is 12.4. The molecular weight excluding hydrogens is 326 g/mol. The molecule has 1 aromatic carbocycles. The van der Waals surface area contributed by atoms with Crippen LogP contribution in [0.15, 0.2) is 43.3 Å². The largest absolute Gasteiger partial charge is 0.443 e. The van der Waals surface area contributed by atoms with E-state index in [1.807, 2.05) is 0 Å². The zero-order valence-electron chi connectivity index (χ0n) is 12.5. The molecule has 0 saturated heterocycles. The van der Waals surface area contributed by atoms with Crippen LogP contribution < -0.4 is 16.8 Å². The van der Waals surface area contributed by atoms with Crippen molar-refractivity contribution in [3.63, 3.8) is 0 Å². The highest BCUT2D eigenvalue weighted by Crippen LogP contribution is 2.15. The molecule has 0 aliphatic carbocycles. The van der Waals surface area contributed by atoms with Gasteiger partial charge in [0.15, 0.2) is 0 Å². The van der Waals surface area contributed by atoms with Gasteiger partial charge in [-0.3, -0.25) is 4.79 Å². The van der Waals surface area contributed by atoms with Gasteiger partial charge in [-0.15, -0.1) is 0 Å². The molecule has 10 heteroatoms. The van der Waals surface area contributed by atoms with Gasteiger partial charge in [0.1, 0.15) is 0 Å². The molecule has 1 heterocycles. The van der Waals surface area contributed by atoms with E-state index in [0.29, 0.717) is 16.7 Å². The van der Waals surface area contributed by atoms with Crippen LogP contribution in [0.5, 0.6) is 0 Å². The van der Waals surface area contributed by atoms with Crippen molar-refractivity contribution >= 4 is 21.6 Å². The fourth-order valence-corrected chi connectivity index (χ4v) is 3.05. The number of carbonyl (C=O) groups is 1. The van der Waals surface area contributed by atoms with Crippen LogP contribution in [-0.2, 0) is 21.4 Å². The van der Waals surface area contributed by atoms with Crippen molar-refractivity contribution in [2.45, 2.75) is 31.7 Å². The van der Waals surface area contributed by atoms with Crippen molar-refractivity contribution in [1.82, 2.24) is 8.71 Å². The third-order valence-electron chi connectivity index (χ3n) is 2.91. The molecule has 2 rings (SSSR count). The number of nitrogens with one attached hydrogen (secondary N) is 1. The first kappa shape index (κ1) is 16.7. The number of anilines is 1. The van der Waals surface area contributed by atoms with E-state index >= 15 is 0 Å². The van der Waals surface area contributed by atoms with Gasteiger partial charge in [-0.05, 0) is 34.8 Å². The Balaban J connectivity index is 2.47. The molecule has 1 aromatic heterocycles. The monoisotopic (exact) mass is 341 g/mol. The molecule has 2 aromatic rings. The van der Waals surface area contributed by atoms with Crippen molar-refractivity contribution in [1.29, 1.82) is 0 Å². The second-order valence-corrected chi connectivity index (χ2v) is 6.48. The van der Waals surface area contributed by atoms with Crippen LogP contribution in [0.2, 0.25) is 0 Å². The second-order valence-electron chi connectivity index (χ2n) is 4.73. The molecule has 0 aliphatic heterocycles. The summed E-state index contributed by atoms with van der Waals surface area (Å²) in [6.07, 6.45) is 0.472. The van der Waals surface area contributed by atoms with E-state index < -0.39 is 21.5 Å². The van der Waals surface area contributed by atoms with Gasteiger partial charge in [0, 0.05) is 19.2 Å². The Morgan fingerprint density at radius 3 is 2.35 bits per heavy atom. The van der Waals surface area contributed by atoms with Gasteiger partial charge in [0.2, 0.25) is 5.91 Å². The average molecular weight is 341 g/mol. The summed E-state index contributed by atoms with van der Waals surface area (Å²) in [5.41, 5.74) is -0.656. The van der Waals surface area contributed by atoms with Crippen molar-refractivity contribution in [2.75, 3.05) is 5.32 Å². The van der Waals surface area contributed by atoms with Crippen LogP contribution in [0.3, 0.4) is 0 Å². The van der Waals surface area contributed by atoms with Gasteiger partial charge >= 0.3 is 11.4 Å². The highest BCUT2D eigenvalue weighted by Gasteiger charge is 2.25. The van der Waals surface area contributed by atoms with E-state index in [-0.39, 0.29) is 21.5 Å². The van der Waals surface area contributed by atoms with E-state index in [4.69, 9.17) is 0 Å². The maximum Gasteiger partial charge on any atom is 0.443 e. The number of aromatic nitrogens is 2. The fourth-order valence-electron chi connectivity index (χ4n) is 1.91. The zero-order valence-corrected chi connectivity index (χ0v) is 13.3. The highest BCUT2D eigenvalue weighted by molar-refractivity contribution is 7.89. The standard InChI is InChI=1S/C13H15N3O6S/c1-3-8-15-12(18)16(22-13(15)19)23(20,21)11-6-4-10(5-7-11)14-9(2)17/h4-7H,3,8H2,1-2H3,(H,14,17). The average Bonchev–Trinajstić information content (AvgIpc) is 2.76. The molecule has 0 atom stereocenters. The quantitative estimate of drug-likeness (QED) is 0.830. The summed E-state index contributed by atoms with van der Waals surface area (Å²) in [5, 5.41) is 2.48. The molecule has 0 fully saturated rings. The second kappa shape index (κ2) is 6.24. The minimum absolute atomic E-state index is 0.0607. The smallest absolute Gasteiger partial charge is 0.326 e. The minimum Gasteiger partial charge on any atom is -0.326 e. The Labute approximate surface area is 131 Å². The van der Waals surface area contributed by atoms with Crippen molar-refractivity contribution < 1.29 is 17.7 Å². The lowest BCUT2D eigenvalue weighted by Crippen LogP contribution is -2.31. The van der Waals surface area contributed by atoms with E-state index in [2.05, 4.69) is 9.84 Å². The lowest BCUT2D eigenvalue weighted by atomic mass is 10.3. The lowest BCUT2D eigenvalue weighted by Gasteiger charge is -2.04. The Kier molecular flexibility index (Phi) is 4.55. The Morgan fingerprint density at radius 1 is 1.22 bits per heavy atom. The summed E-state index contributed by atoms with van der Waals surface area (Å²) in [6.45, 7) is 3.11. The summed E-state index contributed by atoms with van der Waals surface area (Å²) in [7, 11) is -4.33. The molecule has 0 radical (unpaired) electrons. The van der Waals surface area contributed by atoms with Gasteiger partial charge in [-0.25, -0.2) is 14.2 Å². The van der Waals surface area contributed by atoms with E-state index in [9.17, 15) is 22.8 Å². The van der Waals surface area contributed by atoms with E-state index in [0.717, 1.165) is 0 Å². The number of hydrogen-bond donors (Lipinski definition) is 1. The minimum atomic E-state index is -4.33. The first-order valence-corrected chi connectivity index (χ1v) is 8.17. The number of hydrogen-bond acceptors (Lipinski definition) is 6. The lowest BCUT2D eigenvalue weighted by molar-refractivity contribution is -0.114.